The molecule has 0 fully saturated rings. The lowest BCUT2D eigenvalue weighted by Crippen LogP contribution is -2.26. The molecule has 2 rings (SSSR count). The van der Waals surface area contributed by atoms with Gasteiger partial charge in [-0.2, -0.15) is 0 Å². The highest BCUT2D eigenvalue weighted by Crippen LogP contribution is 2.19. The highest BCUT2D eigenvalue weighted by molar-refractivity contribution is 5.92. The second-order valence-electron chi connectivity index (χ2n) is 6.49. The molecule has 1 aromatic heterocycles. The molecule has 0 bridgehead atoms. The summed E-state index contributed by atoms with van der Waals surface area (Å²) in [4.78, 5) is 20.6. The number of hydrogen-bond donors (Lipinski definition) is 2. The van der Waals surface area contributed by atoms with Crippen LogP contribution in [0.5, 0.6) is 0 Å². The van der Waals surface area contributed by atoms with Crippen LogP contribution in [-0.4, -0.2) is 29.0 Å². The van der Waals surface area contributed by atoms with Gasteiger partial charge in [-0.05, 0) is 50.5 Å². The number of anilines is 1. The maximum atomic E-state index is 12.1. The minimum absolute atomic E-state index is 0.133. The highest BCUT2D eigenvalue weighted by Gasteiger charge is 2.09. The van der Waals surface area contributed by atoms with Crippen LogP contribution in [0.4, 0.5) is 5.95 Å². The van der Waals surface area contributed by atoms with Gasteiger partial charge in [-0.15, -0.1) is 0 Å². The number of carbonyl (C=O) groups excluding carboxylic acids is 1. The van der Waals surface area contributed by atoms with E-state index >= 15 is 0 Å². The Morgan fingerprint density at radius 2 is 2.17 bits per heavy atom. The van der Waals surface area contributed by atoms with Gasteiger partial charge in [0.05, 0.1) is 0 Å². The molecule has 1 heterocycles. The maximum absolute atomic E-state index is 12.1. The molecule has 23 heavy (non-hydrogen) atoms. The first-order valence-electron chi connectivity index (χ1n) is 8.68. The fourth-order valence-electron chi connectivity index (χ4n) is 2.60. The maximum Gasteiger partial charge on any atom is 0.270 e. The third-order valence-corrected chi connectivity index (χ3v) is 4.01. The number of aromatic nitrogens is 2. The number of allylic oxidation sites excluding steroid dienone is 1. The summed E-state index contributed by atoms with van der Waals surface area (Å²) >= 11 is 0. The van der Waals surface area contributed by atoms with E-state index in [-0.39, 0.29) is 5.91 Å². The summed E-state index contributed by atoms with van der Waals surface area (Å²) in [5.41, 5.74) is 1.94. The second kappa shape index (κ2) is 9.28. The first-order chi connectivity index (χ1) is 11.1. The molecular weight excluding hydrogens is 288 g/mol. The van der Waals surface area contributed by atoms with Crippen molar-refractivity contribution in [2.45, 2.75) is 52.4 Å². The van der Waals surface area contributed by atoms with Crippen molar-refractivity contribution in [1.29, 1.82) is 0 Å². The largest absolute Gasteiger partial charge is 0.354 e. The molecule has 5 heteroatoms. The standard InChI is InChI=1S/C18H28N4O/c1-14(2)8-11-19-17(23)16-10-13-21-18(22-16)20-12-9-15-6-4-3-5-7-15/h6,10,13-14H,3-5,7-9,11-12H2,1-2H3,(H,19,23)(H,20,21,22). The molecule has 0 spiro atoms. The van der Waals surface area contributed by atoms with Crippen molar-refractivity contribution in [1.82, 2.24) is 15.3 Å². The zero-order valence-corrected chi connectivity index (χ0v) is 14.3. The summed E-state index contributed by atoms with van der Waals surface area (Å²) in [5, 5.41) is 6.12. The summed E-state index contributed by atoms with van der Waals surface area (Å²) in [6.07, 6.45) is 11.0. The molecule has 1 amide bonds. The number of rotatable bonds is 8. The van der Waals surface area contributed by atoms with Gasteiger partial charge in [0.25, 0.3) is 5.91 Å². The Morgan fingerprint density at radius 1 is 1.30 bits per heavy atom. The highest BCUT2D eigenvalue weighted by atomic mass is 16.1. The van der Waals surface area contributed by atoms with Gasteiger partial charge >= 0.3 is 0 Å². The molecule has 2 N–H and O–H groups in total. The fourth-order valence-corrected chi connectivity index (χ4v) is 2.60. The van der Waals surface area contributed by atoms with Gasteiger partial charge in [-0.1, -0.05) is 25.5 Å². The van der Waals surface area contributed by atoms with Crippen molar-refractivity contribution < 1.29 is 4.79 Å². The summed E-state index contributed by atoms with van der Waals surface area (Å²) in [5.74, 6) is 0.969. The average molecular weight is 316 g/mol. The molecule has 0 atom stereocenters. The minimum Gasteiger partial charge on any atom is -0.354 e. The zero-order valence-electron chi connectivity index (χ0n) is 14.3. The van der Waals surface area contributed by atoms with Gasteiger partial charge in [0.15, 0.2) is 0 Å². The molecule has 1 aliphatic carbocycles. The molecule has 1 aliphatic rings. The smallest absolute Gasteiger partial charge is 0.270 e. The van der Waals surface area contributed by atoms with Crippen molar-refractivity contribution in [2.24, 2.45) is 5.92 Å². The first kappa shape index (κ1) is 17.4. The summed E-state index contributed by atoms with van der Waals surface area (Å²) in [7, 11) is 0. The van der Waals surface area contributed by atoms with Crippen LogP contribution in [0.1, 0.15) is 62.9 Å². The molecule has 1 aromatic rings. The number of nitrogens with one attached hydrogen (secondary N) is 2. The van der Waals surface area contributed by atoms with Gasteiger partial charge in [0, 0.05) is 19.3 Å². The normalized spacial score (nSPS) is 14.5. The lowest BCUT2D eigenvalue weighted by atomic mass is 9.97. The topological polar surface area (TPSA) is 66.9 Å². The third kappa shape index (κ3) is 6.38. The van der Waals surface area contributed by atoms with E-state index in [9.17, 15) is 4.79 Å². The molecule has 0 saturated heterocycles. The number of hydrogen-bond acceptors (Lipinski definition) is 4. The van der Waals surface area contributed by atoms with Crippen molar-refractivity contribution in [3.63, 3.8) is 0 Å². The van der Waals surface area contributed by atoms with E-state index in [4.69, 9.17) is 0 Å². The van der Waals surface area contributed by atoms with Crippen LogP contribution in [0.25, 0.3) is 0 Å². The Kier molecular flexibility index (Phi) is 7.04. The van der Waals surface area contributed by atoms with Crippen LogP contribution < -0.4 is 10.6 Å². The second-order valence-corrected chi connectivity index (χ2v) is 6.49. The van der Waals surface area contributed by atoms with E-state index in [1.54, 1.807) is 12.3 Å². The Bertz CT molecular complexity index is 540. The minimum atomic E-state index is -0.133. The molecule has 0 aliphatic heterocycles. The number of amides is 1. The number of nitrogens with zero attached hydrogens (tertiary/aromatic N) is 2. The predicted octanol–water partition coefficient (Wildman–Crippen LogP) is 3.55. The van der Waals surface area contributed by atoms with Crippen LogP contribution in [0.2, 0.25) is 0 Å². The SMILES string of the molecule is CC(C)CCNC(=O)c1ccnc(NCCC2=CCCCC2)n1. The molecule has 0 aromatic carbocycles. The number of carbonyl (C=O) groups is 1. The van der Waals surface area contributed by atoms with E-state index < -0.39 is 0 Å². The lowest BCUT2D eigenvalue weighted by Gasteiger charge is -2.13. The van der Waals surface area contributed by atoms with Crippen LogP contribution in [0.3, 0.4) is 0 Å². The molecular formula is C18H28N4O. The van der Waals surface area contributed by atoms with E-state index in [1.165, 1.54) is 31.3 Å². The Morgan fingerprint density at radius 3 is 2.91 bits per heavy atom. The zero-order chi connectivity index (χ0) is 16.5. The summed E-state index contributed by atoms with van der Waals surface area (Å²) < 4.78 is 0. The van der Waals surface area contributed by atoms with Gasteiger partial charge in [0.1, 0.15) is 5.69 Å². The van der Waals surface area contributed by atoms with E-state index in [2.05, 4.69) is 40.5 Å². The quantitative estimate of drug-likeness (QED) is 0.720. The average Bonchev–Trinajstić information content (AvgIpc) is 2.56. The van der Waals surface area contributed by atoms with Crippen molar-refractivity contribution in [3.8, 4) is 0 Å². The lowest BCUT2D eigenvalue weighted by molar-refractivity contribution is 0.0947. The van der Waals surface area contributed by atoms with E-state index in [0.29, 0.717) is 24.1 Å². The Labute approximate surface area is 139 Å². The summed E-state index contributed by atoms with van der Waals surface area (Å²) in [6, 6.07) is 1.65. The van der Waals surface area contributed by atoms with Crippen LogP contribution in [0, 0.1) is 5.92 Å². The monoisotopic (exact) mass is 316 g/mol. The van der Waals surface area contributed by atoms with Crippen LogP contribution >= 0.6 is 0 Å². The fraction of sp³-hybridized carbons (Fsp3) is 0.611. The first-order valence-corrected chi connectivity index (χ1v) is 8.68. The Hall–Kier alpha value is -1.91. The van der Waals surface area contributed by atoms with E-state index in [1.807, 2.05) is 0 Å². The van der Waals surface area contributed by atoms with Gasteiger partial charge in [-0.3, -0.25) is 4.79 Å². The molecule has 5 nitrogen and oxygen atoms in total. The van der Waals surface area contributed by atoms with Gasteiger partial charge in [0.2, 0.25) is 5.95 Å². The molecule has 0 radical (unpaired) electrons. The molecule has 0 saturated carbocycles. The van der Waals surface area contributed by atoms with Gasteiger partial charge in [-0.25, -0.2) is 9.97 Å². The van der Waals surface area contributed by atoms with E-state index in [0.717, 1.165) is 19.4 Å². The van der Waals surface area contributed by atoms with Crippen LogP contribution in [0.15, 0.2) is 23.9 Å². The van der Waals surface area contributed by atoms with Crippen molar-refractivity contribution in [2.75, 3.05) is 18.4 Å². The van der Waals surface area contributed by atoms with Crippen molar-refractivity contribution in [3.05, 3.63) is 29.6 Å². The van der Waals surface area contributed by atoms with Crippen molar-refractivity contribution >= 4 is 11.9 Å². The predicted molar refractivity (Wildman–Crippen MR) is 93.5 cm³/mol. The molecule has 126 valence electrons. The molecule has 0 unspecified atom stereocenters. The van der Waals surface area contributed by atoms with Crippen LogP contribution in [-0.2, 0) is 0 Å². The third-order valence-electron chi connectivity index (χ3n) is 4.01. The summed E-state index contributed by atoms with van der Waals surface area (Å²) in [6.45, 7) is 5.77. The Balaban J connectivity index is 1.79. The van der Waals surface area contributed by atoms with Gasteiger partial charge < -0.3 is 10.6 Å².